The molecule has 0 saturated heterocycles. The average Bonchev–Trinajstić information content (AvgIpc) is 3.03. The second kappa shape index (κ2) is 8.73. The molecule has 29 heavy (non-hydrogen) atoms. The molecule has 1 aromatic carbocycles. The second-order valence-electron chi connectivity index (χ2n) is 6.50. The Balaban J connectivity index is 1.68. The molecule has 3 aromatic rings. The Morgan fingerprint density at radius 3 is 2.55 bits per heavy atom. The van der Waals surface area contributed by atoms with Gasteiger partial charge in [-0.25, -0.2) is 14.8 Å². The number of aryl methyl sites for hydroxylation is 1. The minimum Gasteiger partial charge on any atom is -0.480 e. The molecule has 4 N–H and O–H groups in total. The molecular formula is C19H19ClN4O4S. The molecule has 0 fully saturated rings. The van der Waals surface area contributed by atoms with Crippen LogP contribution in [0.1, 0.15) is 27.7 Å². The fourth-order valence-corrected chi connectivity index (χ4v) is 3.82. The Hall–Kier alpha value is -2.75. The summed E-state index contributed by atoms with van der Waals surface area (Å²) in [5, 5.41) is 25.1. The summed E-state index contributed by atoms with van der Waals surface area (Å²) in [5.41, 5.74) is 1.18. The van der Waals surface area contributed by atoms with E-state index in [1.54, 1.807) is 24.3 Å². The number of carboxylic acid groups (broad SMARTS) is 1. The van der Waals surface area contributed by atoms with Gasteiger partial charge in [0.1, 0.15) is 10.6 Å². The topological polar surface area (TPSA) is 124 Å². The molecule has 0 aliphatic carbocycles. The van der Waals surface area contributed by atoms with Gasteiger partial charge in [0.2, 0.25) is 5.28 Å². The number of benzene rings is 1. The maximum atomic E-state index is 12.2. The Morgan fingerprint density at radius 1 is 1.24 bits per heavy atom. The number of rotatable bonds is 7. The normalized spacial score (nSPS) is 13.1. The molecule has 2 aromatic heterocycles. The number of aliphatic hydroxyl groups is 1. The molecule has 0 spiro atoms. The Bertz CT molecular complexity index is 1050. The highest BCUT2D eigenvalue weighted by Gasteiger charge is 2.25. The number of hydrogen-bond donors (Lipinski definition) is 4. The summed E-state index contributed by atoms with van der Waals surface area (Å²) in [6.07, 6.45) is -1.21. The van der Waals surface area contributed by atoms with Gasteiger partial charge in [-0.15, -0.1) is 11.3 Å². The number of carboxylic acids is 1. The van der Waals surface area contributed by atoms with E-state index in [0.29, 0.717) is 17.9 Å². The number of nitrogens with zero attached hydrogens (tertiary/aromatic N) is 2. The van der Waals surface area contributed by atoms with E-state index in [1.807, 2.05) is 13.0 Å². The number of carbonyl (C=O) groups excluding carboxylic acids is 1. The maximum Gasteiger partial charge on any atom is 0.328 e. The lowest BCUT2D eigenvalue weighted by molar-refractivity contribution is -0.141. The van der Waals surface area contributed by atoms with Gasteiger partial charge in [-0.2, -0.15) is 0 Å². The number of halogens is 1. The third-order valence-corrected chi connectivity index (χ3v) is 5.31. The third-order valence-electron chi connectivity index (χ3n) is 4.20. The number of amides is 1. The van der Waals surface area contributed by atoms with Crippen LogP contribution in [0, 0.1) is 6.92 Å². The van der Waals surface area contributed by atoms with Crippen molar-refractivity contribution in [2.24, 2.45) is 0 Å². The molecule has 2 heterocycles. The summed E-state index contributed by atoms with van der Waals surface area (Å²) in [6, 6.07) is 7.29. The van der Waals surface area contributed by atoms with Gasteiger partial charge in [0, 0.05) is 17.0 Å². The summed E-state index contributed by atoms with van der Waals surface area (Å²) in [7, 11) is 0. The van der Waals surface area contributed by atoms with Crippen molar-refractivity contribution in [1.82, 2.24) is 15.3 Å². The van der Waals surface area contributed by atoms with Crippen LogP contribution in [-0.4, -0.2) is 44.2 Å². The van der Waals surface area contributed by atoms with Crippen molar-refractivity contribution >= 4 is 50.8 Å². The monoisotopic (exact) mass is 434 g/mol. The Kier molecular flexibility index (Phi) is 6.31. The fourth-order valence-electron chi connectivity index (χ4n) is 2.72. The van der Waals surface area contributed by atoms with Gasteiger partial charge in [-0.1, -0.05) is 12.1 Å². The van der Waals surface area contributed by atoms with Gasteiger partial charge in [-0.05, 0) is 49.2 Å². The minimum absolute atomic E-state index is 0.167. The van der Waals surface area contributed by atoms with Crippen molar-refractivity contribution in [3.63, 3.8) is 0 Å². The maximum absolute atomic E-state index is 12.2. The lowest BCUT2D eigenvalue weighted by atomic mass is 10.1. The van der Waals surface area contributed by atoms with Crippen LogP contribution in [0.3, 0.4) is 0 Å². The van der Waals surface area contributed by atoms with Gasteiger partial charge < -0.3 is 20.8 Å². The number of fused-ring (bicyclic) bond motifs is 1. The van der Waals surface area contributed by atoms with Gasteiger partial charge in [0.15, 0.2) is 6.04 Å². The first kappa shape index (κ1) is 21.0. The smallest absolute Gasteiger partial charge is 0.328 e. The number of thiophene rings is 1. The molecule has 2 atom stereocenters. The van der Waals surface area contributed by atoms with E-state index in [1.165, 1.54) is 18.3 Å². The standard InChI is InChI=1S/C19H19ClN4O4S/c1-9-7-13-15(23-19(20)24-17(13)29-9)21-8-11-3-5-12(6-4-11)16(26)22-14(10(2)25)18(27)28/h3-7,10,14,25H,8H2,1-2H3,(H,22,26)(H,27,28)(H,21,23,24). The molecule has 0 aliphatic heterocycles. The zero-order chi connectivity index (χ0) is 21.1. The molecule has 0 bridgehead atoms. The van der Waals surface area contributed by atoms with E-state index in [2.05, 4.69) is 20.6 Å². The van der Waals surface area contributed by atoms with Gasteiger partial charge in [0.05, 0.1) is 11.5 Å². The first-order chi connectivity index (χ1) is 13.7. The molecule has 152 valence electrons. The van der Waals surface area contributed by atoms with Crippen molar-refractivity contribution in [3.8, 4) is 0 Å². The van der Waals surface area contributed by atoms with E-state index >= 15 is 0 Å². The summed E-state index contributed by atoms with van der Waals surface area (Å²) < 4.78 is 0. The number of aliphatic hydroxyl groups excluding tert-OH is 1. The number of aliphatic carboxylic acids is 1. The number of aromatic nitrogens is 2. The minimum atomic E-state index is -1.37. The van der Waals surface area contributed by atoms with Crippen molar-refractivity contribution in [3.05, 3.63) is 51.6 Å². The summed E-state index contributed by atoms with van der Waals surface area (Å²) in [4.78, 5) is 33.7. The summed E-state index contributed by atoms with van der Waals surface area (Å²) in [6.45, 7) is 3.74. The predicted octanol–water partition coefficient (Wildman–Crippen LogP) is 2.83. The van der Waals surface area contributed by atoms with Gasteiger partial charge in [-0.3, -0.25) is 4.79 Å². The highest BCUT2D eigenvalue weighted by molar-refractivity contribution is 7.18. The molecule has 0 aliphatic rings. The molecule has 0 radical (unpaired) electrons. The van der Waals surface area contributed by atoms with Gasteiger partial charge >= 0.3 is 5.97 Å². The van der Waals surface area contributed by atoms with Crippen molar-refractivity contribution in [2.45, 2.75) is 32.5 Å². The highest BCUT2D eigenvalue weighted by Crippen LogP contribution is 2.29. The second-order valence-corrected chi connectivity index (χ2v) is 8.07. The van der Waals surface area contributed by atoms with E-state index in [4.69, 9.17) is 16.7 Å². The molecule has 10 heteroatoms. The van der Waals surface area contributed by atoms with Crippen molar-refractivity contribution in [2.75, 3.05) is 5.32 Å². The lowest BCUT2D eigenvalue weighted by Gasteiger charge is -2.17. The number of anilines is 1. The van der Waals surface area contributed by atoms with Gasteiger partial charge in [0.25, 0.3) is 5.91 Å². The first-order valence-corrected chi connectivity index (χ1v) is 9.92. The van der Waals surface area contributed by atoms with E-state index in [0.717, 1.165) is 20.7 Å². The number of nitrogens with one attached hydrogen (secondary N) is 2. The Labute approximate surface area is 175 Å². The third kappa shape index (κ3) is 5.00. The van der Waals surface area contributed by atoms with Crippen LogP contribution in [0.5, 0.6) is 0 Å². The quantitative estimate of drug-likeness (QED) is 0.421. The molecule has 1 amide bonds. The summed E-state index contributed by atoms with van der Waals surface area (Å²) >= 11 is 7.53. The van der Waals surface area contributed by atoms with Crippen LogP contribution >= 0.6 is 22.9 Å². The molecule has 3 rings (SSSR count). The fraction of sp³-hybridized carbons (Fsp3) is 0.263. The molecule has 8 nitrogen and oxygen atoms in total. The number of carbonyl (C=O) groups is 2. The highest BCUT2D eigenvalue weighted by atomic mass is 35.5. The zero-order valence-corrected chi connectivity index (χ0v) is 17.2. The SMILES string of the molecule is Cc1cc2c(NCc3ccc(C(=O)NC(C(=O)O)C(C)O)cc3)nc(Cl)nc2s1. The van der Waals surface area contributed by atoms with Crippen LogP contribution in [0.2, 0.25) is 5.28 Å². The zero-order valence-electron chi connectivity index (χ0n) is 15.6. The molecule has 0 saturated carbocycles. The predicted molar refractivity (Wildman–Crippen MR) is 112 cm³/mol. The van der Waals surface area contributed by atoms with Crippen molar-refractivity contribution < 1.29 is 19.8 Å². The van der Waals surface area contributed by atoms with Crippen LogP contribution in [0.15, 0.2) is 30.3 Å². The van der Waals surface area contributed by atoms with Crippen LogP contribution in [0.25, 0.3) is 10.2 Å². The molecular weight excluding hydrogens is 416 g/mol. The largest absolute Gasteiger partial charge is 0.480 e. The van der Waals surface area contributed by atoms with Crippen LogP contribution in [-0.2, 0) is 11.3 Å². The first-order valence-electron chi connectivity index (χ1n) is 8.73. The van der Waals surface area contributed by atoms with Crippen molar-refractivity contribution in [1.29, 1.82) is 0 Å². The lowest BCUT2D eigenvalue weighted by Crippen LogP contribution is -2.47. The number of hydrogen-bond acceptors (Lipinski definition) is 7. The van der Waals surface area contributed by atoms with E-state index < -0.39 is 24.0 Å². The summed E-state index contributed by atoms with van der Waals surface area (Å²) in [5.74, 6) is -1.24. The average molecular weight is 435 g/mol. The molecule has 2 unspecified atom stereocenters. The van der Waals surface area contributed by atoms with Crippen LogP contribution < -0.4 is 10.6 Å². The van der Waals surface area contributed by atoms with E-state index in [9.17, 15) is 14.7 Å². The van der Waals surface area contributed by atoms with E-state index in [-0.39, 0.29) is 5.28 Å². The van der Waals surface area contributed by atoms with Crippen LogP contribution in [0.4, 0.5) is 5.82 Å². The Morgan fingerprint density at radius 2 is 1.93 bits per heavy atom.